The number of esters is 2. The van der Waals surface area contributed by atoms with Gasteiger partial charge in [0.05, 0.1) is 0 Å². The van der Waals surface area contributed by atoms with Crippen molar-refractivity contribution in [1.29, 1.82) is 0 Å². The summed E-state index contributed by atoms with van der Waals surface area (Å²) in [6.07, 6.45) is -8.90. The average molecular weight is 264 g/mol. The second-order valence-corrected chi connectivity index (χ2v) is 3.28. The Labute approximate surface area is 98.3 Å². The number of hydrogen-bond acceptors (Lipinski definition) is 8. The Morgan fingerprint density at radius 3 is 1.39 bits per heavy atom. The van der Waals surface area contributed by atoms with Crippen molar-refractivity contribution in [1.82, 2.24) is 0 Å². The van der Waals surface area contributed by atoms with Crippen molar-refractivity contribution in [2.24, 2.45) is 0 Å². The van der Waals surface area contributed by atoms with Crippen LogP contribution in [0, 0.1) is 0 Å². The van der Waals surface area contributed by atoms with Crippen molar-refractivity contribution in [3.8, 4) is 0 Å². The summed E-state index contributed by atoms with van der Waals surface area (Å²) in [6.45, 7) is 0. The molecule has 1 heterocycles. The highest BCUT2D eigenvalue weighted by Crippen LogP contribution is 2.16. The van der Waals surface area contributed by atoms with E-state index < -0.39 is 48.3 Å². The lowest BCUT2D eigenvalue weighted by atomic mass is 10.1. The van der Waals surface area contributed by atoms with E-state index in [0.717, 1.165) is 0 Å². The number of rotatable bonds is 4. The first-order valence-corrected chi connectivity index (χ1v) is 4.48. The molecule has 1 fully saturated rings. The van der Waals surface area contributed by atoms with Gasteiger partial charge in [-0.3, -0.25) is 0 Å². The fraction of sp³-hybridized carbons (Fsp3) is 0.500. The van der Waals surface area contributed by atoms with Gasteiger partial charge in [-0.05, 0) is 0 Å². The van der Waals surface area contributed by atoms with E-state index in [9.17, 15) is 19.2 Å². The molecular weight excluding hydrogens is 256 g/mol. The largest absolute Gasteiger partial charge is 0.479 e. The molecule has 18 heavy (non-hydrogen) atoms. The summed E-state index contributed by atoms with van der Waals surface area (Å²) in [4.78, 5) is 43.2. The van der Waals surface area contributed by atoms with Gasteiger partial charge in [0.1, 0.15) is 0 Å². The smallest absolute Gasteiger partial charge is 0.351 e. The number of carboxylic acids is 2. The van der Waals surface area contributed by atoms with Gasteiger partial charge in [0, 0.05) is 0 Å². The fourth-order valence-electron chi connectivity index (χ4n) is 1.13. The molecule has 0 aliphatic carbocycles. The molecule has 1 aliphatic rings. The van der Waals surface area contributed by atoms with E-state index in [4.69, 9.17) is 20.4 Å². The number of ether oxygens (including phenoxy) is 2. The van der Waals surface area contributed by atoms with E-state index in [-0.39, 0.29) is 0 Å². The number of carboxylic acid groups (broad SMARTS) is 2. The van der Waals surface area contributed by atoms with Crippen molar-refractivity contribution < 1.29 is 49.1 Å². The molecule has 10 heteroatoms. The summed E-state index contributed by atoms with van der Waals surface area (Å²) in [5.74, 6) is -6.59. The molecule has 4 atom stereocenters. The zero-order chi connectivity index (χ0) is 14.0. The summed E-state index contributed by atoms with van der Waals surface area (Å²) in [5.41, 5.74) is 0. The predicted octanol–water partition coefficient (Wildman–Crippen LogP) is -3.29. The van der Waals surface area contributed by atoms with Crippen molar-refractivity contribution in [2.75, 3.05) is 0 Å². The predicted molar refractivity (Wildman–Crippen MR) is 47.0 cm³/mol. The Morgan fingerprint density at radius 2 is 1.17 bits per heavy atom. The molecule has 100 valence electrons. The van der Waals surface area contributed by atoms with Crippen LogP contribution in [0.1, 0.15) is 0 Å². The minimum absolute atomic E-state index is 1.46. The lowest BCUT2D eigenvalue weighted by Gasteiger charge is -2.29. The van der Waals surface area contributed by atoms with Gasteiger partial charge in [-0.1, -0.05) is 0 Å². The third-order valence-corrected chi connectivity index (χ3v) is 2.03. The van der Waals surface area contributed by atoms with Crippen LogP contribution in [0.4, 0.5) is 0 Å². The van der Waals surface area contributed by atoms with E-state index in [1.165, 1.54) is 0 Å². The summed E-state index contributed by atoms with van der Waals surface area (Å²) < 4.78 is 8.48. The van der Waals surface area contributed by atoms with Crippen LogP contribution in [0.5, 0.6) is 0 Å². The number of cyclic esters (lactones) is 2. The third kappa shape index (κ3) is 2.55. The van der Waals surface area contributed by atoms with Crippen LogP contribution >= 0.6 is 0 Å². The van der Waals surface area contributed by atoms with Gasteiger partial charge in [0.25, 0.3) is 0 Å². The molecule has 0 aromatic carbocycles. The minimum atomic E-state index is -2.34. The van der Waals surface area contributed by atoms with E-state index in [1.54, 1.807) is 0 Å². The number of aliphatic carboxylic acids is 2. The summed E-state index contributed by atoms with van der Waals surface area (Å²) >= 11 is 0. The zero-order valence-electron chi connectivity index (χ0n) is 8.55. The van der Waals surface area contributed by atoms with Crippen molar-refractivity contribution in [3.63, 3.8) is 0 Å². The lowest BCUT2D eigenvalue weighted by molar-refractivity contribution is -0.213. The number of hydrogen-bond donors (Lipinski definition) is 4. The topological polar surface area (TPSA) is 168 Å². The summed E-state index contributed by atoms with van der Waals surface area (Å²) in [6, 6.07) is 0. The van der Waals surface area contributed by atoms with Gasteiger partial charge in [0.15, 0.2) is 12.2 Å². The molecule has 0 aromatic rings. The van der Waals surface area contributed by atoms with Gasteiger partial charge in [-0.25, -0.2) is 19.2 Å². The van der Waals surface area contributed by atoms with Gasteiger partial charge in [-0.2, -0.15) is 0 Å². The molecule has 0 aromatic heterocycles. The maximum Gasteiger partial charge on any atom is 0.351 e. The third-order valence-electron chi connectivity index (χ3n) is 2.03. The van der Waals surface area contributed by atoms with Gasteiger partial charge < -0.3 is 29.9 Å². The van der Waals surface area contributed by atoms with Crippen LogP contribution in [-0.2, 0) is 28.7 Å². The molecule has 0 saturated carbocycles. The molecule has 4 unspecified atom stereocenters. The SMILES string of the molecule is O=C(O)C(O)C1OC(=O)C(C(O)C(=O)O)OC1=O. The number of carbonyl (C=O) groups is 4. The summed E-state index contributed by atoms with van der Waals surface area (Å²) in [5, 5.41) is 34.9. The van der Waals surface area contributed by atoms with E-state index in [0.29, 0.717) is 0 Å². The molecule has 10 nitrogen and oxygen atoms in total. The molecular formula is C8H8O10. The highest BCUT2D eigenvalue weighted by atomic mass is 16.7. The molecule has 1 saturated heterocycles. The second-order valence-electron chi connectivity index (χ2n) is 3.28. The first-order valence-electron chi connectivity index (χ1n) is 4.48. The van der Waals surface area contributed by atoms with Crippen molar-refractivity contribution in [2.45, 2.75) is 24.4 Å². The van der Waals surface area contributed by atoms with Gasteiger partial charge in [-0.15, -0.1) is 0 Å². The first-order chi connectivity index (χ1) is 8.25. The Morgan fingerprint density at radius 1 is 0.889 bits per heavy atom. The van der Waals surface area contributed by atoms with Crippen LogP contribution in [0.2, 0.25) is 0 Å². The quantitative estimate of drug-likeness (QED) is 0.377. The first kappa shape index (κ1) is 13.9. The van der Waals surface area contributed by atoms with Crippen LogP contribution < -0.4 is 0 Å². The van der Waals surface area contributed by atoms with E-state index in [2.05, 4.69) is 9.47 Å². The van der Waals surface area contributed by atoms with Crippen LogP contribution in [0.25, 0.3) is 0 Å². The highest BCUT2D eigenvalue weighted by molar-refractivity contribution is 5.94. The monoisotopic (exact) mass is 264 g/mol. The molecule has 0 spiro atoms. The van der Waals surface area contributed by atoms with Crippen molar-refractivity contribution >= 4 is 23.9 Å². The zero-order valence-corrected chi connectivity index (χ0v) is 8.55. The van der Waals surface area contributed by atoms with E-state index in [1.807, 2.05) is 0 Å². The second kappa shape index (κ2) is 4.98. The standard InChI is InChI=1S/C8H8O10/c9-1(5(11)12)3-7(15)18-4(8(16)17-3)2(10)6(13)14/h1-4,9-10H,(H,11,12)(H,13,14). The normalized spacial score (nSPS) is 26.8. The molecule has 1 rings (SSSR count). The molecule has 4 N–H and O–H groups in total. The molecule has 1 aliphatic heterocycles. The van der Waals surface area contributed by atoms with E-state index >= 15 is 0 Å². The average Bonchev–Trinajstić information content (AvgIpc) is 2.29. The maximum absolute atomic E-state index is 11.2. The number of carbonyl (C=O) groups excluding carboxylic acids is 2. The number of aliphatic hydroxyl groups is 2. The summed E-state index contributed by atoms with van der Waals surface area (Å²) in [7, 11) is 0. The molecule has 0 radical (unpaired) electrons. The Kier molecular flexibility index (Phi) is 3.83. The lowest BCUT2D eigenvalue weighted by Crippen LogP contribution is -2.56. The van der Waals surface area contributed by atoms with Crippen LogP contribution in [-0.4, -0.2) is 68.7 Å². The number of aliphatic hydroxyl groups excluding tert-OH is 2. The molecule has 0 amide bonds. The Balaban J connectivity index is 2.83. The van der Waals surface area contributed by atoms with Crippen molar-refractivity contribution in [3.05, 3.63) is 0 Å². The Hall–Kier alpha value is -2.20. The molecule has 0 bridgehead atoms. The van der Waals surface area contributed by atoms with Gasteiger partial charge in [0.2, 0.25) is 12.2 Å². The van der Waals surface area contributed by atoms with Gasteiger partial charge >= 0.3 is 23.9 Å². The maximum atomic E-state index is 11.2. The fourth-order valence-corrected chi connectivity index (χ4v) is 1.13. The minimum Gasteiger partial charge on any atom is -0.479 e. The Bertz CT molecular complexity index is 363. The van der Waals surface area contributed by atoms with Crippen LogP contribution in [0.15, 0.2) is 0 Å². The van der Waals surface area contributed by atoms with Crippen LogP contribution in [0.3, 0.4) is 0 Å². The highest BCUT2D eigenvalue weighted by Gasteiger charge is 2.48.